The maximum atomic E-state index is 13.7. The zero-order valence-corrected chi connectivity index (χ0v) is 20.5. The number of nitrogens with zero attached hydrogens (tertiary/aromatic N) is 5. The molecule has 0 atom stereocenters. The van der Waals surface area contributed by atoms with Gasteiger partial charge in [0.15, 0.2) is 5.03 Å². The highest BCUT2D eigenvalue weighted by Crippen LogP contribution is 2.38. The number of amides is 1. The molecule has 2 aliphatic heterocycles. The standard InChI is InChI=1S/C24H25N7O4S/c1-15-11-17(23(33)31-20(15)22(32)29-24(31)8-4-2-5-9-24)28-21-16-12-30(13-18(16)26-14-27-21)36(34,35)19-7-3-6-10-25-19/h3,6-7,10-11,14H,2,4-5,8-9,12-13H2,1H3,(H,29,32)(H,26,27,28). The van der Waals surface area contributed by atoms with Crippen molar-refractivity contribution in [2.45, 2.75) is 62.8 Å². The summed E-state index contributed by atoms with van der Waals surface area (Å²) in [7, 11) is -3.83. The van der Waals surface area contributed by atoms with E-state index < -0.39 is 15.7 Å². The van der Waals surface area contributed by atoms with Gasteiger partial charge in [0.05, 0.1) is 12.2 Å². The first kappa shape index (κ1) is 22.8. The van der Waals surface area contributed by atoms with Crippen LogP contribution in [0.15, 0.2) is 46.6 Å². The highest BCUT2D eigenvalue weighted by atomic mass is 32.2. The first-order valence-corrected chi connectivity index (χ1v) is 13.3. The Bertz CT molecular complexity index is 1550. The summed E-state index contributed by atoms with van der Waals surface area (Å²) in [6, 6.07) is 6.39. The van der Waals surface area contributed by atoms with Gasteiger partial charge in [0, 0.05) is 18.3 Å². The van der Waals surface area contributed by atoms with Crippen LogP contribution in [-0.4, -0.2) is 38.1 Å². The van der Waals surface area contributed by atoms with Crippen molar-refractivity contribution in [2.24, 2.45) is 0 Å². The van der Waals surface area contributed by atoms with Gasteiger partial charge in [0.1, 0.15) is 29.2 Å². The maximum absolute atomic E-state index is 13.7. The lowest BCUT2D eigenvalue weighted by atomic mass is 9.89. The quantitative estimate of drug-likeness (QED) is 0.548. The molecule has 186 valence electrons. The van der Waals surface area contributed by atoms with Crippen LogP contribution in [0.25, 0.3) is 0 Å². The third-order valence-corrected chi connectivity index (χ3v) is 8.96. The Morgan fingerprint density at radius 1 is 1.06 bits per heavy atom. The lowest BCUT2D eigenvalue weighted by Crippen LogP contribution is -2.48. The van der Waals surface area contributed by atoms with Crippen molar-refractivity contribution in [3.05, 3.63) is 69.7 Å². The smallest absolute Gasteiger partial charge is 0.276 e. The Hall–Kier alpha value is -3.64. The molecule has 0 radical (unpaired) electrons. The molecule has 12 heteroatoms. The number of hydrogen-bond donors (Lipinski definition) is 2. The highest BCUT2D eigenvalue weighted by molar-refractivity contribution is 7.89. The summed E-state index contributed by atoms with van der Waals surface area (Å²) in [5.74, 6) is 0.141. The van der Waals surface area contributed by atoms with Crippen LogP contribution in [0.1, 0.15) is 59.4 Å². The molecule has 0 bridgehead atoms. The fraction of sp³-hybridized carbons (Fsp3) is 0.375. The second kappa shape index (κ2) is 8.20. The number of rotatable bonds is 4. The third-order valence-electron chi connectivity index (χ3n) is 7.25. The van der Waals surface area contributed by atoms with Crippen LogP contribution in [0.5, 0.6) is 0 Å². The van der Waals surface area contributed by atoms with E-state index in [1.54, 1.807) is 22.8 Å². The van der Waals surface area contributed by atoms with Gasteiger partial charge in [0.2, 0.25) is 0 Å². The van der Waals surface area contributed by atoms with Gasteiger partial charge in [-0.25, -0.2) is 23.4 Å². The Morgan fingerprint density at radius 2 is 1.86 bits per heavy atom. The first-order valence-electron chi connectivity index (χ1n) is 11.9. The molecule has 0 unspecified atom stereocenters. The summed E-state index contributed by atoms with van der Waals surface area (Å²) >= 11 is 0. The molecule has 5 heterocycles. The molecule has 0 saturated heterocycles. The van der Waals surface area contributed by atoms with E-state index >= 15 is 0 Å². The van der Waals surface area contributed by atoms with Gasteiger partial charge in [-0.05, 0) is 56.4 Å². The molecule has 1 amide bonds. The molecular formula is C24H25N7O4S. The third kappa shape index (κ3) is 3.43. The molecule has 1 saturated carbocycles. The first-order chi connectivity index (χ1) is 17.3. The van der Waals surface area contributed by atoms with E-state index in [2.05, 4.69) is 25.6 Å². The van der Waals surface area contributed by atoms with E-state index in [9.17, 15) is 18.0 Å². The molecule has 2 N–H and O–H groups in total. The van der Waals surface area contributed by atoms with Crippen LogP contribution in [0.4, 0.5) is 11.5 Å². The fourth-order valence-corrected chi connectivity index (χ4v) is 6.82. The monoisotopic (exact) mass is 507 g/mol. The van der Waals surface area contributed by atoms with Crippen molar-refractivity contribution >= 4 is 27.4 Å². The molecule has 1 aliphatic carbocycles. The normalized spacial score (nSPS) is 18.6. The van der Waals surface area contributed by atoms with Gasteiger partial charge in [-0.3, -0.25) is 14.2 Å². The molecule has 3 aromatic heterocycles. The van der Waals surface area contributed by atoms with Gasteiger partial charge < -0.3 is 10.6 Å². The van der Waals surface area contributed by atoms with Crippen LogP contribution >= 0.6 is 0 Å². The molecule has 1 spiro atoms. The second-order valence-corrected chi connectivity index (χ2v) is 11.4. The van der Waals surface area contributed by atoms with Crippen molar-refractivity contribution in [3.63, 3.8) is 0 Å². The number of sulfonamides is 1. The van der Waals surface area contributed by atoms with Crippen LogP contribution in [-0.2, 0) is 28.8 Å². The zero-order chi connectivity index (χ0) is 25.1. The molecule has 36 heavy (non-hydrogen) atoms. The van der Waals surface area contributed by atoms with Crippen LogP contribution in [0.3, 0.4) is 0 Å². The Balaban J connectivity index is 1.37. The minimum atomic E-state index is -3.83. The summed E-state index contributed by atoms with van der Waals surface area (Å²) in [5.41, 5.74) is 1.51. The Kier molecular flexibility index (Phi) is 5.20. The number of pyridine rings is 2. The maximum Gasteiger partial charge on any atom is 0.276 e. The molecule has 3 aliphatic rings. The van der Waals surface area contributed by atoms with Crippen molar-refractivity contribution in [3.8, 4) is 0 Å². The van der Waals surface area contributed by atoms with Crippen LogP contribution in [0, 0.1) is 6.92 Å². The van der Waals surface area contributed by atoms with E-state index in [1.807, 2.05) is 6.92 Å². The minimum absolute atomic E-state index is 0.0392. The molecule has 11 nitrogen and oxygen atoms in total. The summed E-state index contributed by atoms with van der Waals surface area (Å²) in [5, 5.41) is 6.17. The zero-order valence-electron chi connectivity index (χ0n) is 19.7. The SMILES string of the molecule is Cc1cc(Nc2ncnc3c2CN(S(=O)(=O)c2ccccn2)C3)c(=O)n2c1C(=O)NC21CCCCC1. The number of carbonyl (C=O) groups is 1. The summed E-state index contributed by atoms with van der Waals surface area (Å²) in [6.45, 7) is 1.94. The van der Waals surface area contributed by atoms with Gasteiger partial charge in [-0.1, -0.05) is 12.5 Å². The molecule has 3 aromatic rings. The molecule has 0 aromatic carbocycles. The molecule has 1 fully saturated rings. The number of nitrogens with one attached hydrogen (secondary N) is 2. The average Bonchev–Trinajstić information content (AvgIpc) is 3.44. The van der Waals surface area contributed by atoms with E-state index in [4.69, 9.17) is 0 Å². The lowest BCUT2D eigenvalue weighted by molar-refractivity contribution is 0.0876. The minimum Gasteiger partial charge on any atom is -0.335 e. The topological polar surface area (TPSA) is 139 Å². The number of aryl methyl sites for hydroxylation is 1. The highest BCUT2D eigenvalue weighted by Gasteiger charge is 2.45. The molecule has 6 rings (SSSR count). The van der Waals surface area contributed by atoms with E-state index in [1.165, 1.54) is 22.9 Å². The number of carbonyl (C=O) groups excluding carboxylic acids is 1. The molecular weight excluding hydrogens is 482 g/mol. The number of anilines is 2. The predicted octanol–water partition coefficient (Wildman–Crippen LogP) is 2.15. The van der Waals surface area contributed by atoms with Crippen molar-refractivity contribution in [1.29, 1.82) is 0 Å². The summed E-state index contributed by atoms with van der Waals surface area (Å²) in [4.78, 5) is 39.1. The second-order valence-electron chi connectivity index (χ2n) is 9.49. The van der Waals surface area contributed by atoms with Crippen molar-refractivity contribution in [2.75, 3.05) is 5.32 Å². The van der Waals surface area contributed by atoms with Gasteiger partial charge >= 0.3 is 0 Å². The fourth-order valence-electron chi connectivity index (χ4n) is 5.52. The van der Waals surface area contributed by atoms with Crippen LogP contribution < -0.4 is 16.2 Å². The predicted molar refractivity (Wildman–Crippen MR) is 130 cm³/mol. The van der Waals surface area contributed by atoms with Gasteiger partial charge in [0.25, 0.3) is 21.5 Å². The van der Waals surface area contributed by atoms with Gasteiger partial charge in [-0.2, -0.15) is 4.31 Å². The van der Waals surface area contributed by atoms with Crippen LogP contribution in [0.2, 0.25) is 0 Å². The van der Waals surface area contributed by atoms with E-state index in [0.29, 0.717) is 41.2 Å². The number of hydrogen-bond acceptors (Lipinski definition) is 8. The van der Waals surface area contributed by atoms with Gasteiger partial charge in [-0.15, -0.1) is 0 Å². The van der Waals surface area contributed by atoms with E-state index in [-0.39, 0.29) is 35.3 Å². The Morgan fingerprint density at radius 3 is 2.61 bits per heavy atom. The number of fused-ring (bicyclic) bond motifs is 3. The van der Waals surface area contributed by atoms with Crippen molar-refractivity contribution in [1.82, 2.24) is 29.1 Å². The lowest BCUT2D eigenvalue weighted by Gasteiger charge is -2.35. The van der Waals surface area contributed by atoms with E-state index in [0.717, 1.165) is 19.3 Å². The Labute approximate surface area is 207 Å². The van der Waals surface area contributed by atoms with Crippen molar-refractivity contribution < 1.29 is 13.2 Å². The average molecular weight is 508 g/mol. The largest absolute Gasteiger partial charge is 0.335 e. The number of aromatic nitrogens is 4. The summed E-state index contributed by atoms with van der Waals surface area (Å²) < 4.78 is 29.1. The summed E-state index contributed by atoms with van der Waals surface area (Å²) in [6.07, 6.45) is 7.14.